The standard InChI is InChI=1S/C7H17N3O/c1-6(11-3)4-5-7(9-2)10-8/h6H,4-5,8H2,1-3H3,(H,9,10). The molecule has 0 spiro atoms. The van der Waals surface area contributed by atoms with Crippen molar-refractivity contribution >= 4 is 5.84 Å². The van der Waals surface area contributed by atoms with Gasteiger partial charge in [-0.2, -0.15) is 0 Å². The van der Waals surface area contributed by atoms with Gasteiger partial charge in [0.15, 0.2) is 0 Å². The number of ether oxygens (including phenoxy) is 1. The van der Waals surface area contributed by atoms with Crippen LogP contribution in [-0.4, -0.2) is 26.1 Å². The Morgan fingerprint density at radius 3 is 2.73 bits per heavy atom. The molecule has 11 heavy (non-hydrogen) atoms. The van der Waals surface area contributed by atoms with Crippen LogP contribution in [0.2, 0.25) is 0 Å². The Morgan fingerprint density at radius 2 is 2.36 bits per heavy atom. The Labute approximate surface area is 67.8 Å². The fraction of sp³-hybridized carbons (Fsp3) is 0.857. The summed E-state index contributed by atoms with van der Waals surface area (Å²) in [4.78, 5) is 3.94. The Balaban J connectivity index is 3.51. The highest BCUT2D eigenvalue weighted by molar-refractivity contribution is 5.81. The van der Waals surface area contributed by atoms with E-state index in [4.69, 9.17) is 10.6 Å². The summed E-state index contributed by atoms with van der Waals surface area (Å²) in [6.07, 6.45) is 2.04. The molecular weight excluding hydrogens is 142 g/mol. The van der Waals surface area contributed by atoms with Gasteiger partial charge in [0.25, 0.3) is 0 Å². The monoisotopic (exact) mass is 159 g/mol. The molecular formula is C7H17N3O. The molecule has 0 saturated heterocycles. The van der Waals surface area contributed by atoms with Crippen LogP contribution in [0.3, 0.4) is 0 Å². The second-order valence-electron chi connectivity index (χ2n) is 2.40. The maximum Gasteiger partial charge on any atom is 0.110 e. The smallest absolute Gasteiger partial charge is 0.110 e. The van der Waals surface area contributed by atoms with Gasteiger partial charge in [0.05, 0.1) is 6.10 Å². The van der Waals surface area contributed by atoms with E-state index in [-0.39, 0.29) is 6.10 Å². The highest BCUT2D eigenvalue weighted by Gasteiger charge is 2.01. The number of methoxy groups -OCH3 is 1. The van der Waals surface area contributed by atoms with Crippen LogP contribution in [0.1, 0.15) is 19.8 Å². The summed E-state index contributed by atoms with van der Waals surface area (Å²) in [5.74, 6) is 6.00. The Hall–Kier alpha value is -0.610. The maximum absolute atomic E-state index is 5.19. The van der Waals surface area contributed by atoms with Crippen LogP contribution in [0.25, 0.3) is 0 Å². The molecule has 3 N–H and O–H groups in total. The van der Waals surface area contributed by atoms with E-state index in [1.807, 2.05) is 6.92 Å². The van der Waals surface area contributed by atoms with Gasteiger partial charge in [-0.05, 0) is 13.3 Å². The Bertz CT molecular complexity index is 125. The first-order valence-electron chi connectivity index (χ1n) is 3.69. The molecule has 0 aromatic heterocycles. The van der Waals surface area contributed by atoms with Crippen LogP contribution in [0, 0.1) is 0 Å². The fourth-order valence-electron chi connectivity index (χ4n) is 0.706. The second kappa shape index (κ2) is 6.12. The van der Waals surface area contributed by atoms with E-state index in [9.17, 15) is 0 Å². The molecule has 4 nitrogen and oxygen atoms in total. The molecule has 0 fully saturated rings. The lowest BCUT2D eigenvalue weighted by molar-refractivity contribution is 0.112. The van der Waals surface area contributed by atoms with Gasteiger partial charge in [0.2, 0.25) is 0 Å². The summed E-state index contributed by atoms with van der Waals surface area (Å²) in [5.41, 5.74) is 2.53. The molecule has 1 atom stereocenters. The largest absolute Gasteiger partial charge is 0.382 e. The van der Waals surface area contributed by atoms with Gasteiger partial charge >= 0.3 is 0 Å². The summed E-state index contributed by atoms with van der Waals surface area (Å²) < 4.78 is 5.07. The maximum atomic E-state index is 5.19. The van der Waals surface area contributed by atoms with E-state index in [2.05, 4.69) is 10.4 Å². The van der Waals surface area contributed by atoms with Crippen molar-refractivity contribution in [3.63, 3.8) is 0 Å². The minimum atomic E-state index is 0.264. The van der Waals surface area contributed by atoms with Crippen LogP contribution in [0.15, 0.2) is 4.99 Å². The molecule has 4 heteroatoms. The topological polar surface area (TPSA) is 59.6 Å². The first kappa shape index (κ1) is 10.4. The van der Waals surface area contributed by atoms with Gasteiger partial charge in [-0.3, -0.25) is 4.99 Å². The van der Waals surface area contributed by atoms with Crippen molar-refractivity contribution in [1.82, 2.24) is 5.43 Å². The third-order valence-corrected chi connectivity index (χ3v) is 1.63. The quantitative estimate of drug-likeness (QED) is 0.268. The van der Waals surface area contributed by atoms with Crippen LogP contribution < -0.4 is 11.3 Å². The molecule has 0 radical (unpaired) electrons. The SMILES string of the molecule is CN=C(CCC(C)OC)NN. The van der Waals surface area contributed by atoms with E-state index in [1.54, 1.807) is 14.2 Å². The molecule has 0 bridgehead atoms. The van der Waals surface area contributed by atoms with Gasteiger partial charge in [0, 0.05) is 20.6 Å². The van der Waals surface area contributed by atoms with Crippen LogP contribution in [0.4, 0.5) is 0 Å². The van der Waals surface area contributed by atoms with Gasteiger partial charge in [0.1, 0.15) is 5.84 Å². The van der Waals surface area contributed by atoms with Crippen molar-refractivity contribution in [2.75, 3.05) is 14.2 Å². The van der Waals surface area contributed by atoms with E-state index >= 15 is 0 Å². The predicted octanol–water partition coefficient (Wildman–Crippen LogP) is 0.293. The van der Waals surface area contributed by atoms with E-state index < -0.39 is 0 Å². The highest BCUT2D eigenvalue weighted by Crippen LogP contribution is 1.99. The Morgan fingerprint density at radius 1 is 1.73 bits per heavy atom. The van der Waals surface area contributed by atoms with Crippen molar-refractivity contribution in [2.24, 2.45) is 10.8 Å². The third-order valence-electron chi connectivity index (χ3n) is 1.63. The number of hydrazine groups is 1. The molecule has 0 saturated carbocycles. The average Bonchev–Trinajstić information content (AvgIpc) is 2.06. The number of nitrogens with one attached hydrogen (secondary N) is 1. The van der Waals surface area contributed by atoms with Crippen molar-refractivity contribution in [3.8, 4) is 0 Å². The summed E-state index contributed by atoms with van der Waals surface area (Å²) in [7, 11) is 3.41. The number of nitrogens with two attached hydrogens (primary N) is 1. The molecule has 66 valence electrons. The molecule has 0 aromatic rings. The number of hydrogen-bond acceptors (Lipinski definition) is 3. The first-order chi connectivity index (χ1) is 5.24. The molecule has 0 aromatic carbocycles. The second-order valence-corrected chi connectivity index (χ2v) is 2.40. The van der Waals surface area contributed by atoms with E-state index in [0.717, 1.165) is 18.7 Å². The number of hydrogen-bond donors (Lipinski definition) is 2. The average molecular weight is 159 g/mol. The van der Waals surface area contributed by atoms with Crippen LogP contribution in [0.5, 0.6) is 0 Å². The lowest BCUT2D eigenvalue weighted by atomic mass is 10.2. The number of nitrogens with zero attached hydrogens (tertiary/aromatic N) is 1. The van der Waals surface area contributed by atoms with Gasteiger partial charge in [-0.25, -0.2) is 5.84 Å². The van der Waals surface area contributed by atoms with Gasteiger partial charge in [-0.1, -0.05) is 0 Å². The summed E-state index contributed by atoms with van der Waals surface area (Å²) in [5, 5.41) is 0. The van der Waals surface area contributed by atoms with Crippen LogP contribution in [-0.2, 0) is 4.74 Å². The minimum Gasteiger partial charge on any atom is -0.382 e. The lowest BCUT2D eigenvalue weighted by Crippen LogP contribution is -2.30. The Kier molecular flexibility index (Phi) is 5.78. The van der Waals surface area contributed by atoms with E-state index in [1.165, 1.54) is 0 Å². The predicted molar refractivity (Wildman–Crippen MR) is 46.4 cm³/mol. The summed E-state index contributed by atoms with van der Waals surface area (Å²) in [6.45, 7) is 2.02. The van der Waals surface area contributed by atoms with Crippen molar-refractivity contribution in [1.29, 1.82) is 0 Å². The molecule has 0 aliphatic heterocycles. The summed E-state index contributed by atoms with van der Waals surface area (Å²) >= 11 is 0. The zero-order valence-electron chi connectivity index (χ0n) is 7.42. The highest BCUT2D eigenvalue weighted by atomic mass is 16.5. The minimum absolute atomic E-state index is 0.264. The third kappa shape index (κ3) is 4.75. The zero-order chi connectivity index (χ0) is 8.69. The van der Waals surface area contributed by atoms with Gasteiger partial charge < -0.3 is 10.2 Å². The normalized spacial score (nSPS) is 14.7. The van der Waals surface area contributed by atoms with Crippen molar-refractivity contribution < 1.29 is 4.74 Å². The molecule has 1 unspecified atom stereocenters. The molecule has 0 heterocycles. The zero-order valence-corrected chi connectivity index (χ0v) is 7.42. The van der Waals surface area contributed by atoms with Gasteiger partial charge in [-0.15, -0.1) is 0 Å². The molecule has 0 aliphatic carbocycles. The number of aliphatic imine (C=N–C) groups is 1. The van der Waals surface area contributed by atoms with Crippen molar-refractivity contribution in [2.45, 2.75) is 25.9 Å². The number of rotatable bonds is 4. The van der Waals surface area contributed by atoms with Crippen LogP contribution >= 0.6 is 0 Å². The number of amidine groups is 1. The fourth-order valence-corrected chi connectivity index (χ4v) is 0.706. The summed E-state index contributed by atoms with van der Waals surface area (Å²) in [6, 6.07) is 0. The molecule has 0 aliphatic rings. The van der Waals surface area contributed by atoms with E-state index in [0.29, 0.717) is 0 Å². The molecule has 0 rings (SSSR count). The lowest BCUT2D eigenvalue weighted by Gasteiger charge is -2.09. The first-order valence-corrected chi connectivity index (χ1v) is 3.69. The molecule has 0 amide bonds. The van der Waals surface area contributed by atoms with Crippen molar-refractivity contribution in [3.05, 3.63) is 0 Å².